The van der Waals surface area contributed by atoms with Crippen molar-refractivity contribution >= 4 is 71.4 Å². The van der Waals surface area contributed by atoms with E-state index in [4.69, 9.17) is 57.3 Å². The number of carbonyl (C=O) groups excluding carboxylic acids is 7. The molecule has 29 nitrogen and oxygen atoms in total. The minimum atomic E-state index is -2.19. The molecule has 29 heteroatoms. The lowest BCUT2D eigenvalue weighted by Crippen LogP contribution is -2.60. The number of aliphatic imine (C=N–C) groups is 5. The van der Waals surface area contributed by atoms with Crippen molar-refractivity contribution in [3.8, 4) is 0 Å². The van der Waals surface area contributed by atoms with Crippen LogP contribution in [0.1, 0.15) is 18.0 Å². The van der Waals surface area contributed by atoms with Gasteiger partial charge < -0.3 is 94.3 Å². The molecule has 1 aromatic carbocycles. The Hall–Kier alpha value is -9.64. The monoisotopic (exact) mass is 965 g/mol. The summed E-state index contributed by atoms with van der Waals surface area (Å²) in [5.41, 5.74) is 60.5. The second-order valence-corrected chi connectivity index (χ2v) is 15.1. The number of allylic oxidation sites excluding steroid dienone is 14. The van der Waals surface area contributed by atoms with Gasteiger partial charge in [-0.2, -0.15) is 0 Å². The summed E-state index contributed by atoms with van der Waals surface area (Å²) in [5.74, 6) is -12.1. The Balaban J connectivity index is 1.34. The van der Waals surface area contributed by atoms with E-state index >= 15 is 0 Å². The normalized spacial score (nSPS) is 18.0. The fraction of sp³-hybridized carbons (Fsp3) is 0.220. The van der Waals surface area contributed by atoms with Crippen LogP contribution in [-0.4, -0.2) is 114 Å². The number of guanidine groups is 4. The van der Waals surface area contributed by atoms with E-state index < -0.39 is 108 Å². The van der Waals surface area contributed by atoms with Crippen LogP contribution >= 0.6 is 0 Å². The van der Waals surface area contributed by atoms with Crippen molar-refractivity contribution in [2.24, 2.45) is 88.2 Å². The highest BCUT2D eigenvalue weighted by Crippen LogP contribution is 2.47. The van der Waals surface area contributed by atoms with E-state index in [1.807, 2.05) is 52.4 Å². The zero-order valence-corrected chi connectivity index (χ0v) is 36.7. The van der Waals surface area contributed by atoms with Crippen LogP contribution in [0.2, 0.25) is 0 Å². The molecule has 8 atom stereocenters. The van der Waals surface area contributed by atoms with Gasteiger partial charge in [-0.05, 0) is 51.5 Å². The second kappa shape index (κ2) is 22.7. The SMILES string of the molecule is NC(=O)C(N)NC(=O)C(N=C(N)N)NC(=O)C(N=C(N)N)NC(=O)C(N=C(N)N)NC(=O)C(N=C(N)N)NC(=O)C(NC(=O)C(O)/N=C/C1=C2C=CC=C3C=CC4=C(C(=C1)C=CC4)C32)c1ccccc1. The lowest BCUT2D eigenvalue weighted by Gasteiger charge is -2.36. The predicted octanol–water partition coefficient (Wildman–Crippen LogP) is -7.84. The lowest BCUT2D eigenvalue weighted by atomic mass is 9.67. The van der Waals surface area contributed by atoms with Crippen molar-refractivity contribution in [1.29, 1.82) is 0 Å². The van der Waals surface area contributed by atoms with Gasteiger partial charge in [-0.15, -0.1) is 0 Å². The van der Waals surface area contributed by atoms with Crippen molar-refractivity contribution in [2.75, 3.05) is 0 Å². The van der Waals surface area contributed by atoms with Crippen LogP contribution in [0, 0.1) is 5.92 Å². The number of aliphatic hydroxyl groups excluding tert-OH is 1. The summed E-state index contributed by atoms with van der Waals surface area (Å²) in [4.78, 5) is 111. The van der Waals surface area contributed by atoms with Crippen LogP contribution in [0.25, 0.3) is 0 Å². The maximum absolute atomic E-state index is 14.0. The molecule has 0 aromatic heterocycles. The van der Waals surface area contributed by atoms with Crippen molar-refractivity contribution in [3.05, 3.63) is 118 Å². The lowest BCUT2D eigenvalue weighted by molar-refractivity contribution is -0.136. The van der Waals surface area contributed by atoms with Crippen molar-refractivity contribution in [3.63, 3.8) is 0 Å². The van der Waals surface area contributed by atoms with Gasteiger partial charge in [-0.1, -0.05) is 72.9 Å². The Labute approximate surface area is 396 Å². The molecule has 7 amide bonds. The van der Waals surface area contributed by atoms with E-state index in [-0.39, 0.29) is 11.5 Å². The van der Waals surface area contributed by atoms with Crippen LogP contribution in [0.15, 0.2) is 137 Å². The number of nitrogens with zero attached hydrogens (tertiary/aromatic N) is 5. The molecular weight excluding hydrogens is 915 g/mol. The van der Waals surface area contributed by atoms with Gasteiger partial charge in [0.05, 0.1) is 0 Å². The molecule has 0 aliphatic heterocycles. The summed E-state index contributed by atoms with van der Waals surface area (Å²) in [7, 11) is 0. The third-order valence-electron chi connectivity index (χ3n) is 10.0. The molecular formula is C41H51N21O8. The van der Waals surface area contributed by atoms with Gasteiger partial charge in [-0.25, -0.2) is 20.0 Å². The molecule has 8 unspecified atom stereocenters. The highest BCUT2D eigenvalue weighted by molar-refractivity contribution is 5.99. The Morgan fingerprint density at radius 3 is 1.61 bits per heavy atom. The Bertz CT molecular complexity index is 2680. The van der Waals surface area contributed by atoms with Gasteiger partial charge in [0.1, 0.15) is 6.04 Å². The summed E-state index contributed by atoms with van der Waals surface area (Å²) in [6.07, 6.45) is 5.87. The van der Waals surface area contributed by atoms with Crippen LogP contribution < -0.4 is 89.2 Å². The van der Waals surface area contributed by atoms with Gasteiger partial charge in [0.2, 0.25) is 36.8 Å². The number of primary amides is 1. The fourth-order valence-electron chi connectivity index (χ4n) is 7.03. The average molecular weight is 966 g/mol. The number of nitrogens with one attached hydrogen (secondary N) is 6. The Morgan fingerprint density at radius 1 is 0.614 bits per heavy atom. The fourth-order valence-corrected chi connectivity index (χ4v) is 7.03. The van der Waals surface area contributed by atoms with Gasteiger partial charge in [-0.3, -0.25) is 38.6 Å². The number of nitrogens with two attached hydrogens (primary N) is 10. The van der Waals surface area contributed by atoms with Crippen LogP contribution in [0.5, 0.6) is 0 Å². The molecule has 368 valence electrons. The molecule has 4 aliphatic rings. The number of hydrogen-bond donors (Lipinski definition) is 17. The summed E-state index contributed by atoms with van der Waals surface area (Å²) in [6.45, 7) is 0. The number of rotatable bonds is 20. The summed E-state index contributed by atoms with van der Waals surface area (Å²) in [6, 6.07) is 5.97. The first-order valence-corrected chi connectivity index (χ1v) is 20.5. The summed E-state index contributed by atoms with van der Waals surface area (Å²) in [5, 5.41) is 23.7. The molecule has 5 rings (SSSR count). The smallest absolute Gasteiger partial charge is 0.272 e. The van der Waals surface area contributed by atoms with Gasteiger partial charge in [0.25, 0.3) is 35.4 Å². The minimum Gasteiger partial charge on any atom is -0.370 e. The average Bonchev–Trinajstić information content (AvgIpc) is 3.30. The largest absolute Gasteiger partial charge is 0.370 e. The van der Waals surface area contributed by atoms with Crippen LogP contribution in [0.3, 0.4) is 0 Å². The maximum atomic E-state index is 14.0. The standard InChI is InChI=1S/C41H51N21O8/c42-25(26(43)63)54-32(65)27(59-38(44)45)56-34(67)29(61-40(48)49)58-35(68)30(62-41(50)51)57-33(66)28(60-39(46)47)55-31(64)24(18-6-2-1-3-7-18)53-37(70)36(69)52-15-20-14-19-10-4-8-16-12-13-17-9-5-11-21(20)23(17)22(16)19/h1-7,9-15,23-25,27-30,36,69H,8,42H2,(H2,43,63)(H,53,70)(H,54,65)(H,55,64)(H,56,67)(H,57,66)(H,58,68)(H4,44,45,59)(H4,46,47,60)(H4,48,49,61)(H4,50,51,62)/b52-15+. The first kappa shape index (κ1) is 51.3. The second-order valence-electron chi connectivity index (χ2n) is 15.1. The van der Waals surface area contributed by atoms with E-state index in [0.717, 1.165) is 23.1 Å². The molecule has 0 radical (unpaired) electrons. The first-order chi connectivity index (χ1) is 33.1. The highest BCUT2D eigenvalue weighted by Gasteiger charge is 2.36. The summed E-state index contributed by atoms with van der Waals surface area (Å²) >= 11 is 0. The van der Waals surface area contributed by atoms with E-state index in [2.05, 4.69) is 53.1 Å². The van der Waals surface area contributed by atoms with Crippen LogP contribution in [0.4, 0.5) is 0 Å². The quantitative estimate of drug-likeness (QED) is 0.0328. The maximum Gasteiger partial charge on any atom is 0.272 e. The predicted molar refractivity (Wildman–Crippen MR) is 254 cm³/mol. The first-order valence-electron chi connectivity index (χ1n) is 20.5. The molecule has 1 aromatic rings. The van der Waals surface area contributed by atoms with Gasteiger partial charge >= 0.3 is 0 Å². The number of hydrogen-bond acceptors (Lipinski definition) is 14. The number of aliphatic hydroxyl groups is 1. The van der Waals surface area contributed by atoms with E-state index in [1.54, 1.807) is 18.2 Å². The Morgan fingerprint density at radius 2 is 1.11 bits per heavy atom. The van der Waals surface area contributed by atoms with Gasteiger partial charge in [0, 0.05) is 12.1 Å². The highest BCUT2D eigenvalue weighted by atomic mass is 16.3. The van der Waals surface area contributed by atoms with Gasteiger partial charge in [0.15, 0.2) is 30.0 Å². The molecule has 0 saturated carbocycles. The topological polar surface area (TPSA) is 534 Å². The zero-order chi connectivity index (χ0) is 51.4. The van der Waals surface area contributed by atoms with E-state index in [1.165, 1.54) is 29.5 Å². The third kappa shape index (κ3) is 13.3. The number of amides is 7. The van der Waals surface area contributed by atoms with Crippen molar-refractivity contribution < 1.29 is 38.7 Å². The molecule has 70 heavy (non-hydrogen) atoms. The number of carbonyl (C=O) groups is 7. The molecule has 4 aliphatic carbocycles. The van der Waals surface area contributed by atoms with Crippen LogP contribution in [-0.2, 0) is 33.6 Å². The third-order valence-corrected chi connectivity index (χ3v) is 10.0. The molecule has 0 bridgehead atoms. The molecule has 0 fully saturated rings. The Kier molecular flexibility index (Phi) is 16.7. The zero-order valence-electron chi connectivity index (χ0n) is 36.7. The molecule has 0 saturated heterocycles. The molecule has 27 N–H and O–H groups in total. The molecule has 0 spiro atoms. The van der Waals surface area contributed by atoms with Crippen molar-refractivity contribution in [2.45, 2.75) is 49.5 Å². The van der Waals surface area contributed by atoms with E-state index in [9.17, 15) is 38.7 Å². The van der Waals surface area contributed by atoms with E-state index in [0.29, 0.717) is 5.57 Å². The minimum absolute atomic E-state index is 0.0591. The molecule has 0 heterocycles. The summed E-state index contributed by atoms with van der Waals surface area (Å²) < 4.78 is 0. The van der Waals surface area contributed by atoms with Crippen molar-refractivity contribution in [1.82, 2.24) is 31.9 Å². The number of benzene rings is 1.